The molecule has 0 aliphatic rings. The molecule has 2 aromatic carbocycles. The van der Waals surface area contributed by atoms with Crippen LogP contribution in [0.2, 0.25) is 0 Å². The maximum atomic E-state index is 12.1. The summed E-state index contributed by atoms with van der Waals surface area (Å²) in [5.74, 6) is -1.36. The predicted octanol–water partition coefficient (Wildman–Crippen LogP) is 5.45. The maximum Gasteiger partial charge on any atom is 0.380 e. The van der Waals surface area contributed by atoms with E-state index in [1.807, 2.05) is 6.07 Å². The van der Waals surface area contributed by atoms with Crippen molar-refractivity contribution < 1.29 is 14.3 Å². The largest absolute Gasteiger partial charge is 0.460 e. The molecule has 0 saturated heterocycles. The molecule has 4 rings (SSSR count). The Bertz CT molecular complexity index is 1090. The van der Waals surface area contributed by atoms with E-state index >= 15 is 0 Å². The van der Waals surface area contributed by atoms with Crippen molar-refractivity contribution in [3.05, 3.63) is 69.9 Å². The van der Waals surface area contributed by atoms with Gasteiger partial charge in [-0.3, -0.25) is 4.79 Å². The number of thiophene rings is 2. The Morgan fingerprint density at radius 2 is 1.73 bits per heavy atom. The second-order valence-electron chi connectivity index (χ2n) is 5.96. The lowest BCUT2D eigenvalue weighted by Crippen LogP contribution is -2.16. The number of carbonyl (C=O) groups excluding carboxylic acids is 2. The molecule has 5 heteroatoms. The van der Waals surface area contributed by atoms with E-state index in [1.54, 1.807) is 24.3 Å². The molecular weight excluding hydrogens is 364 g/mol. The molecule has 2 aromatic heterocycles. The summed E-state index contributed by atoms with van der Waals surface area (Å²) in [5.41, 5.74) is 1.19. The van der Waals surface area contributed by atoms with Gasteiger partial charge >= 0.3 is 5.97 Å². The highest BCUT2D eigenvalue weighted by molar-refractivity contribution is 7.21. The minimum atomic E-state index is -0.787. The van der Waals surface area contributed by atoms with Crippen molar-refractivity contribution in [2.75, 3.05) is 6.61 Å². The summed E-state index contributed by atoms with van der Waals surface area (Å²) in [6, 6.07) is 18.6. The molecule has 0 aliphatic carbocycles. The first-order valence-corrected chi connectivity index (χ1v) is 9.98. The van der Waals surface area contributed by atoms with Gasteiger partial charge in [0.1, 0.15) is 0 Å². The van der Waals surface area contributed by atoms with Gasteiger partial charge in [0.05, 0.1) is 11.5 Å². The summed E-state index contributed by atoms with van der Waals surface area (Å²) >= 11 is 3.13. The summed E-state index contributed by atoms with van der Waals surface area (Å²) in [7, 11) is 0. The van der Waals surface area contributed by atoms with Gasteiger partial charge in [0.15, 0.2) is 0 Å². The van der Waals surface area contributed by atoms with Crippen molar-refractivity contribution in [2.24, 2.45) is 0 Å². The van der Waals surface area contributed by atoms with Gasteiger partial charge in [-0.05, 0) is 53.6 Å². The second-order valence-corrected chi connectivity index (χ2v) is 8.21. The number of hydrogen-bond acceptors (Lipinski definition) is 5. The van der Waals surface area contributed by atoms with E-state index in [1.165, 1.54) is 31.9 Å². The van der Waals surface area contributed by atoms with Crippen LogP contribution in [-0.4, -0.2) is 18.4 Å². The molecule has 130 valence electrons. The lowest BCUT2D eigenvalue weighted by Gasteiger charge is -1.99. The maximum absolute atomic E-state index is 12.1. The van der Waals surface area contributed by atoms with Crippen molar-refractivity contribution in [2.45, 2.75) is 13.3 Å². The van der Waals surface area contributed by atoms with E-state index in [0.717, 1.165) is 16.5 Å². The first-order chi connectivity index (χ1) is 12.6. The molecule has 2 heterocycles. The highest BCUT2D eigenvalue weighted by Crippen LogP contribution is 2.30. The van der Waals surface area contributed by atoms with Crippen molar-refractivity contribution in [1.29, 1.82) is 0 Å². The molecule has 0 atom stereocenters. The van der Waals surface area contributed by atoms with Crippen molar-refractivity contribution in [1.82, 2.24) is 0 Å². The van der Waals surface area contributed by atoms with Gasteiger partial charge < -0.3 is 4.74 Å². The van der Waals surface area contributed by atoms with Crippen LogP contribution in [0.4, 0.5) is 0 Å². The Hall–Kier alpha value is -2.50. The third-order valence-electron chi connectivity index (χ3n) is 4.12. The van der Waals surface area contributed by atoms with Crippen LogP contribution in [0.25, 0.3) is 20.2 Å². The normalized spacial score (nSPS) is 11.1. The number of carbonyl (C=O) groups is 2. The highest BCUT2D eigenvalue weighted by Gasteiger charge is 2.20. The molecule has 0 fully saturated rings. The fourth-order valence-corrected chi connectivity index (χ4v) is 5.01. The van der Waals surface area contributed by atoms with Crippen LogP contribution in [0.3, 0.4) is 0 Å². The Morgan fingerprint density at radius 3 is 2.54 bits per heavy atom. The smallest absolute Gasteiger partial charge is 0.380 e. The van der Waals surface area contributed by atoms with Gasteiger partial charge in [0.2, 0.25) is 0 Å². The van der Waals surface area contributed by atoms with Crippen LogP contribution in [0.15, 0.2) is 54.6 Å². The Kier molecular flexibility index (Phi) is 4.57. The van der Waals surface area contributed by atoms with Gasteiger partial charge in [0.25, 0.3) is 5.78 Å². The molecule has 26 heavy (non-hydrogen) atoms. The van der Waals surface area contributed by atoms with E-state index in [-0.39, 0.29) is 6.61 Å². The summed E-state index contributed by atoms with van der Waals surface area (Å²) in [5, 5.41) is 2.26. The molecule has 0 unspecified atom stereocenters. The quantitative estimate of drug-likeness (QED) is 0.263. The van der Waals surface area contributed by atoms with E-state index in [4.69, 9.17) is 4.74 Å². The third-order valence-corrected chi connectivity index (χ3v) is 6.35. The molecular formula is C21H16O3S2. The monoisotopic (exact) mass is 380 g/mol. The highest BCUT2D eigenvalue weighted by atomic mass is 32.1. The van der Waals surface area contributed by atoms with Crippen molar-refractivity contribution in [3.63, 3.8) is 0 Å². The molecule has 0 N–H and O–H groups in total. The first kappa shape index (κ1) is 16.9. The van der Waals surface area contributed by atoms with Crippen LogP contribution in [0, 0.1) is 0 Å². The molecule has 4 aromatic rings. The van der Waals surface area contributed by atoms with Gasteiger partial charge in [-0.15, -0.1) is 22.7 Å². The Morgan fingerprint density at radius 1 is 0.923 bits per heavy atom. The molecule has 0 spiro atoms. The molecule has 0 aliphatic heterocycles. The Labute approximate surface area is 158 Å². The van der Waals surface area contributed by atoms with E-state index in [0.29, 0.717) is 4.88 Å². The third kappa shape index (κ3) is 3.28. The van der Waals surface area contributed by atoms with Crippen LogP contribution in [-0.2, 0) is 16.0 Å². The average molecular weight is 380 g/mol. The Balaban J connectivity index is 1.61. The molecule has 0 saturated carbocycles. The van der Waals surface area contributed by atoms with Gasteiger partial charge in [0, 0.05) is 20.7 Å². The number of Topliss-reactive ketones (excluding diaryl/α,β-unsaturated/α-hetero) is 1. The molecule has 3 nitrogen and oxygen atoms in total. The fourth-order valence-electron chi connectivity index (χ4n) is 2.94. The number of ether oxygens (including phenoxy) is 1. The molecule has 0 amide bonds. The summed E-state index contributed by atoms with van der Waals surface area (Å²) in [4.78, 5) is 25.5. The minimum Gasteiger partial charge on any atom is -0.460 e. The van der Waals surface area contributed by atoms with E-state index < -0.39 is 11.8 Å². The van der Waals surface area contributed by atoms with Crippen LogP contribution in [0.1, 0.15) is 27.0 Å². The fraction of sp³-hybridized carbons (Fsp3) is 0.143. The van der Waals surface area contributed by atoms with Gasteiger partial charge in [-0.25, -0.2) is 4.79 Å². The van der Waals surface area contributed by atoms with Crippen LogP contribution >= 0.6 is 22.7 Å². The van der Waals surface area contributed by atoms with Gasteiger partial charge in [-0.2, -0.15) is 0 Å². The van der Waals surface area contributed by atoms with Crippen molar-refractivity contribution in [3.8, 4) is 0 Å². The molecule has 0 radical (unpaired) electrons. The summed E-state index contributed by atoms with van der Waals surface area (Å²) in [6.07, 6.45) is 0.853. The number of hydrogen-bond donors (Lipinski definition) is 0. The lowest BCUT2D eigenvalue weighted by atomic mass is 10.1. The summed E-state index contributed by atoms with van der Waals surface area (Å²) < 4.78 is 7.10. The number of benzene rings is 2. The zero-order chi connectivity index (χ0) is 18.1. The first-order valence-electron chi connectivity index (χ1n) is 8.35. The van der Waals surface area contributed by atoms with Gasteiger partial charge in [-0.1, -0.05) is 24.3 Å². The number of esters is 1. The standard InChI is InChI=1S/C21H16O3S2/c1-2-24-21(23)20(22)19-12-15-9-13(7-8-18(15)26-19)10-16-11-14-5-3-4-6-17(14)25-16/h3-9,11-12H,2,10H2,1H3. The van der Waals surface area contributed by atoms with E-state index in [9.17, 15) is 9.59 Å². The lowest BCUT2D eigenvalue weighted by molar-refractivity contribution is -0.137. The zero-order valence-electron chi connectivity index (χ0n) is 14.2. The average Bonchev–Trinajstić information content (AvgIpc) is 3.24. The van der Waals surface area contributed by atoms with Crippen molar-refractivity contribution >= 4 is 54.6 Å². The zero-order valence-corrected chi connectivity index (χ0v) is 15.8. The SMILES string of the molecule is CCOC(=O)C(=O)c1cc2cc(Cc3cc4ccccc4s3)ccc2s1. The predicted molar refractivity (Wildman–Crippen MR) is 107 cm³/mol. The number of rotatable bonds is 5. The second kappa shape index (κ2) is 7.02. The number of ketones is 1. The minimum absolute atomic E-state index is 0.203. The van der Waals surface area contributed by atoms with E-state index in [2.05, 4.69) is 42.5 Å². The molecule has 0 bridgehead atoms. The van der Waals surface area contributed by atoms with Crippen LogP contribution < -0.4 is 0 Å². The van der Waals surface area contributed by atoms with Crippen LogP contribution in [0.5, 0.6) is 0 Å². The topological polar surface area (TPSA) is 43.4 Å². The summed E-state index contributed by atoms with van der Waals surface area (Å²) in [6.45, 7) is 1.89. The number of fused-ring (bicyclic) bond motifs is 2.